The van der Waals surface area contributed by atoms with E-state index in [4.69, 9.17) is 4.74 Å². The zero-order valence-corrected chi connectivity index (χ0v) is 15.0. The van der Waals surface area contributed by atoms with Gasteiger partial charge in [0.2, 0.25) is 0 Å². The van der Waals surface area contributed by atoms with E-state index in [1.165, 1.54) is 64.2 Å². The van der Waals surface area contributed by atoms with Gasteiger partial charge in [-0.05, 0) is 24.8 Å². The number of carbonyl (C=O) groups excluding carboxylic acids is 1. The SMILES string of the molecule is CC(C)C(=O)OC1=C[C@H](C)CCCCCCCCCCCC1. The van der Waals surface area contributed by atoms with Crippen molar-refractivity contribution >= 4 is 5.97 Å². The van der Waals surface area contributed by atoms with Crippen LogP contribution in [0.2, 0.25) is 0 Å². The van der Waals surface area contributed by atoms with E-state index in [1.54, 1.807) is 0 Å². The molecule has 0 heterocycles. The van der Waals surface area contributed by atoms with Crippen molar-refractivity contribution < 1.29 is 9.53 Å². The van der Waals surface area contributed by atoms with Crippen molar-refractivity contribution in [2.75, 3.05) is 0 Å². The Morgan fingerprint density at radius 1 is 0.955 bits per heavy atom. The van der Waals surface area contributed by atoms with Crippen molar-refractivity contribution in [2.24, 2.45) is 11.8 Å². The maximum absolute atomic E-state index is 11.9. The van der Waals surface area contributed by atoms with E-state index >= 15 is 0 Å². The Labute approximate surface area is 137 Å². The van der Waals surface area contributed by atoms with Crippen LogP contribution in [0.4, 0.5) is 0 Å². The molecule has 0 aromatic heterocycles. The molecule has 128 valence electrons. The van der Waals surface area contributed by atoms with Crippen LogP contribution in [-0.2, 0) is 9.53 Å². The number of carbonyl (C=O) groups is 1. The summed E-state index contributed by atoms with van der Waals surface area (Å²) in [6.07, 6.45) is 17.6. The summed E-state index contributed by atoms with van der Waals surface area (Å²) in [5.41, 5.74) is 0. The molecule has 2 nitrogen and oxygen atoms in total. The predicted octanol–water partition coefficient (Wildman–Crippen LogP) is 6.40. The summed E-state index contributed by atoms with van der Waals surface area (Å²) < 4.78 is 5.63. The fraction of sp³-hybridized carbons (Fsp3) is 0.850. The molecule has 1 aliphatic carbocycles. The van der Waals surface area contributed by atoms with Gasteiger partial charge in [-0.3, -0.25) is 4.79 Å². The molecule has 1 atom stereocenters. The molecule has 0 aliphatic heterocycles. The number of rotatable bonds is 2. The molecular weight excluding hydrogens is 272 g/mol. The van der Waals surface area contributed by atoms with E-state index in [0.29, 0.717) is 5.92 Å². The molecule has 1 aliphatic rings. The molecule has 0 amide bonds. The highest BCUT2D eigenvalue weighted by Crippen LogP contribution is 2.21. The van der Waals surface area contributed by atoms with Gasteiger partial charge in [0.15, 0.2) is 0 Å². The second kappa shape index (κ2) is 11.7. The summed E-state index contributed by atoms with van der Waals surface area (Å²) in [4.78, 5) is 11.9. The lowest BCUT2D eigenvalue weighted by atomic mass is 10.0. The third-order valence-corrected chi connectivity index (χ3v) is 4.51. The summed E-state index contributed by atoms with van der Waals surface area (Å²) in [6, 6.07) is 0. The van der Waals surface area contributed by atoms with Crippen LogP contribution in [0.3, 0.4) is 0 Å². The molecule has 0 N–H and O–H groups in total. The normalized spacial score (nSPS) is 23.3. The first-order valence-electron chi connectivity index (χ1n) is 9.52. The van der Waals surface area contributed by atoms with Crippen LogP contribution in [0, 0.1) is 11.8 Å². The van der Waals surface area contributed by atoms with Crippen LogP contribution < -0.4 is 0 Å². The average molecular weight is 309 g/mol. The lowest BCUT2D eigenvalue weighted by molar-refractivity contribution is -0.143. The monoisotopic (exact) mass is 308 g/mol. The van der Waals surface area contributed by atoms with Crippen LogP contribution in [0.1, 0.15) is 97.8 Å². The summed E-state index contributed by atoms with van der Waals surface area (Å²) in [7, 11) is 0. The minimum Gasteiger partial charge on any atom is -0.431 e. The van der Waals surface area contributed by atoms with Gasteiger partial charge in [-0.1, -0.05) is 78.6 Å². The second-order valence-electron chi connectivity index (χ2n) is 7.26. The molecule has 0 spiro atoms. The van der Waals surface area contributed by atoms with Gasteiger partial charge >= 0.3 is 5.97 Å². The van der Waals surface area contributed by atoms with Crippen LogP contribution in [0.15, 0.2) is 11.8 Å². The Kier molecular flexibility index (Phi) is 10.3. The number of ether oxygens (including phenoxy) is 1. The van der Waals surface area contributed by atoms with Crippen molar-refractivity contribution in [1.29, 1.82) is 0 Å². The first-order chi connectivity index (χ1) is 10.6. The first-order valence-corrected chi connectivity index (χ1v) is 9.52. The van der Waals surface area contributed by atoms with Crippen LogP contribution in [0.25, 0.3) is 0 Å². The van der Waals surface area contributed by atoms with Gasteiger partial charge in [-0.25, -0.2) is 0 Å². The van der Waals surface area contributed by atoms with Crippen molar-refractivity contribution in [1.82, 2.24) is 0 Å². The van der Waals surface area contributed by atoms with Gasteiger partial charge < -0.3 is 4.74 Å². The van der Waals surface area contributed by atoms with E-state index in [9.17, 15) is 4.79 Å². The van der Waals surface area contributed by atoms with Gasteiger partial charge in [-0.2, -0.15) is 0 Å². The topological polar surface area (TPSA) is 26.3 Å². The maximum atomic E-state index is 11.9. The molecule has 22 heavy (non-hydrogen) atoms. The zero-order valence-electron chi connectivity index (χ0n) is 15.0. The van der Waals surface area contributed by atoms with Crippen molar-refractivity contribution in [2.45, 2.75) is 97.8 Å². The highest BCUT2D eigenvalue weighted by Gasteiger charge is 2.13. The zero-order chi connectivity index (χ0) is 16.2. The van der Waals surface area contributed by atoms with Gasteiger partial charge in [0.25, 0.3) is 0 Å². The third-order valence-electron chi connectivity index (χ3n) is 4.51. The Bertz CT molecular complexity index is 331. The summed E-state index contributed by atoms with van der Waals surface area (Å²) in [6.45, 7) is 6.05. The second-order valence-corrected chi connectivity index (χ2v) is 7.26. The van der Waals surface area contributed by atoms with Crippen LogP contribution in [0.5, 0.6) is 0 Å². The summed E-state index contributed by atoms with van der Waals surface area (Å²) >= 11 is 0. The molecule has 0 saturated carbocycles. The third kappa shape index (κ3) is 9.27. The number of allylic oxidation sites excluding steroid dienone is 2. The van der Waals surface area contributed by atoms with Gasteiger partial charge in [0.05, 0.1) is 5.92 Å². The van der Waals surface area contributed by atoms with Gasteiger partial charge in [0.1, 0.15) is 5.76 Å². The van der Waals surface area contributed by atoms with Gasteiger partial charge in [0, 0.05) is 6.42 Å². The smallest absolute Gasteiger partial charge is 0.313 e. The number of hydrogen-bond acceptors (Lipinski definition) is 2. The minimum atomic E-state index is -0.0867. The average Bonchev–Trinajstić information content (AvgIpc) is 2.47. The Hall–Kier alpha value is -0.790. The Morgan fingerprint density at radius 3 is 2.00 bits per heavy atom. The molecule has 0 fully saturated rings. The van der Waals surface area contributed by atoms with Gasteiger partial charge in [-0.15, -0.1) is 0 Å². The Morgan fingerprint density at radius 2 is 1.45 bits per heavy atom. The lowest BCUT2D eigenvalue weighted by Gasteiger charge is -2.13. The van der Waals surface area contributed by atoms with E-state index in [1.807, 2.05) is 13.8 Å². The Balaban J connectivity index is 2.56. The first kappa shape index (κ1) is 19.3. The minimum absolute atomic E-state index is 0.0483. The lowest BCUT2D eigenvalue weighted by Crippen LogP contribution is -2.12. The molecular formula is C20H36O2. The number of hydrogen-bond donors (Lipinski definition) is 0. The highest BCUT2D eigenvalue weighted by molar-refractivity contribution is 5.72. The number of esters is 1. The molecule has 0 radical (unpaired) electrons. The molecule has 0 unspecified atom stereocenters. The fourth-order valence-electron chi connectivity index (χ4n) is 3.00. The molecule has 1 rings (SSSR count). The summed E-state index contributed by atoms with van der Waals surface area (Å²) in [5, 5.41) is 0. The van der Waals surface area contributed by atoms with E-state index in [0.717, 1.165) is 18.6 Å². The quantitative estimate of drug-likeness (QED) is 0.552. The van der Waals surface area contributed by atoms with Crippen molar-refractivity contribution in [3.8, 4) is 0 Å². The van der Waals surface area contributed by atoms with Crippen LogP contribution in [-0.4, -0.2) is 5.97 Å². The fourth-order valence-corrected chi connectivity index (χ4v) is 3.00. The van der Waals surface area contributed by atoms with E-state index in [2.05, 4.69) is 13.0 Å². The van der Waals surface area contributed by atoms with Crippen molar-refractivity contribution in [3.63, 3.8) is 0 Å². The molecule has 0 bridgehead atoms. The van der Waals surface area contributed by atoms with E-state index < -0.39 is 0 Å². The molecule has 0 aromatic carbocycles. The summed E-state index contributed by atoms with van der Waals surface area (Å²) in [5.74, 6) is 1.30. The standard InChI is InChI=1S/C20H36O2/c1-17(2)20(21)22-19-15-13-11-9-7-5-4-6-8-10-12-14-18(3)16-19/h16-18H,4-15H2,1-3H3/t18-/m1/s1. The molecule has 2 heteroatoms. The van der Waals surface area contributed by atoms with Crippen molar-refractivity contribution in [3.05, 3.63) is 11.8 Å². The molecule has 0 saturated heterocycles. The van der Waals surface area contributed by atoms with E-state index in [-0.39, 0.29) is 11.9 Å². The predicted molar refractivity (Wildman–Crippen MR) is 93.6 cm³/mol. The highest BCUT2D eigenvalue weighted by atomic mass is 16.5. The molecule has 0 aromatic rings. The largest absolute Gasteiger partial charge is 0.431 e. The van der Waals surface area contributed by atoms with Crippen LogP contribution >= 0.6 is 0 Å². The maximum Gasteiger partial charge on any atom is 0.313 e.